The molecule has 0 aromatic carbocycles. The van der Waals surface area contributed by atoms with Crippen molar-refractivity contribution in [1.82, 2.24) is 29.8 Å². The third-order valence-electron chi connectivity index (χ3n) is 10.8. The van der Waals surface area contributed by atoms with Crippen LogP contribution in [0.25, 0.3) is 0 Å². The fourth-order valence-electron chi connectivity index (χ4n) is 8.00. The van der Waals surface area contributed by atoms with Crippen molar-refractivity contribution in [2.24, 2.45) is 17.1 Å². The van der Waals surface area contributed by atoms with Crippen LogP contribution in [0.5, 0.6) is 0 Å². The van der Waals surface area contributed by atoms with Crippen LogP contribution in [0, 0.1) is 11.3 Å². The fourth-order valence-corrected chi connectivity index (χ4v) is 8.00. The number of carbonyl (C=O) groups excluding carboxylic acids is 5. The summed E-state index contributed by atoms with van der Waals surface area (Å²) in [6, 6.07) is -2.65. The number of hydrogen-bond donors (Lipinski definition) is 2. The van der Waals surface area contributed by atoms with Crippen LogP contribution in [0.15, 0.2) is 0 Å². The quantitative estimate of drug-likeness (QED) is 0.366. The SMILES string of the molecule is CC(C)[C@@H](CN1CCC[C@H]1C(=O)N1CCC[C@H]1C(=O)N1CCC[C@H]1C(N)=O)N(C)C(=O)[C@@H](NC(=O)[C@H]1CCCCN1C)C(C)(C)C. The lowest BCUT2D eigenvalue weighted by Crippen LogP contribution is -2.61. The van der Waals surface area contributed by atoms with E-state index in [1.165, 1.54) is 0 Å². The summed E-state index contributed by atoms with van der Waals surface area (Å²) >= 11 is 0. The smallest absolute Gasteiger partial charge is 0.246 e. The minimum absolute atomic E-state index is 0.0453. The van der Waals surface area contributed by atoms with E-state index in [0.717, 1.165) is 51.6 Å². The molecule has 4 fully saturated rings. The van der Waals surface area contributed by atoms with Gasteiger partial charge in [0.2, 0.25) is 29.5 Å². The zero-order chi connectivity index (χ0) is 33.9. The molecule has 4 heterocycles. The van der Waals surface area contributed by atoms with Crippen molar-refractivity contribution in [3.63, 3.8) is 0 Å². The van der Waals surface area contributed by atoms with E-state index in [2.05, 4.69) is 29.0 Å². The van der Waals surface area contributed by atoms with Crippen LogP contribution in [0.4, 0.5) is 0 Å². The molecule has 4 saturated heterocycles. The third-order valence-corrected chi connectivity index (χ3v) is 10.8. The molecule has 0 saturated carbocycles. The van der Waals surface area contributed by atoms with Crippen molar-refractivity contribution in [2.75, 3.05) is 46.8 Å². The van der Waals surface area contributed by atoms with E-state index < -0.39 is 29.4 Å². The summed E-state index contributed by atoms with van der Waals surface area (Å²) in [6.45, 7) is 13.3. The predicted molar refractivity (Wildman–Crippen MR) is 176 cm³/mol. The lowest BCUT2D eigenvalue weighted by molar-refractivity contribution is -0.148. The molecule has 0 aliphatic carbocycles. The number of carbonyl (C=O) groups is 5. The minimum atomic E-state index is -0.691. The summed E-state index contributed by atoms with van der Waals surface area (Å²) in [5, 5.41) is 3.13. The number of piperidine rings is 1. The summed E-state index contributed by atoms with van der Waals surface area (Å²) in [5.41, 5.74) is 5.09. The summed E-state index contributed by atoms with van der Waals surface area (Å²) in [5.74, 6) is -0.821. The molecule has 0 aromatic heterocycles. The zero-order valence-corrected chi connectivity index (χ0v) is 29.3. The lowest BCUT2D eigenvalue weighted by Gasteiger charge is -2.41. The molecule has 6 atom stereocenters. The van der Waals surface area contributed by atoms with Crippen LogP contribution in [-0.4, -0.2) is 137 Å². The molecule has 4 rings (SSSR count). The number of nitrogens with two attached hydrogens (primary N) is 1. The molecule has 0 aromatic rings. The number of hydrogen-bond acceptors (Lipinski definition) is 7. The van der Waals surface area contributed by atoms with E-state index in [-0.39, 0.29) is 47.7 Å². The van der Waals surface area contributed by atoms with Gasteiger partial charge in [0.05, 0.1) is 12.1 Å². The normalized spacial score (nSPS) is 27.6. The van der Waals surface area contributed by atoms with Crippen LogP contribution >= 0.6 is 0 Å². The number of nitrogens with one attached hydrogen (secondary N) is 1. The molecule has 3 N–H and O–H groups in total. The van der Waals surface area contributed by atoms with E-state index in [9.17, 15) is 24.0 Å². The van der Waals surface area contributed by atoms with E-state index in [0.29, 0.717) is 38.9 Å². The second kappa shape index (κ2) is 15.0. The zero-order valence-electron chi connectivity index (χ0n) is 29.3. The average molecular weight is 646 g/mol. The molecule has 12 nitrogen and oxygen atoms in total. The van der Waals surface area contributed by atoms with E-state index >= 15 is 0 Å². The molecule has 0 bridgehead atoms. The highest BCUT2D eigenvalue weighted by molar-refractivity contribution is 5.94. The number of amides is 5. The summed E-state index contributed by atoms with van der Waals surface area (Å²) in [6.07, 6.45) is 7.04. The van der Waals surface area contributed by atoms with Gasteiger partial charge in [0.15, 0.2) is 0 Å². The average Bonchev–Trinajstić information content (AvgIpc) is 3.77. The molecule has 4 aliphatic rings. The summed E-state index contributed by atoms with van der Waals surface area (Å²) in [7, 11) is 3.79. The molecule has 4 aliphatic heterocycles. The Bertz CT molecular complexity index is 1140. The largest absolute Gasteiger partial charge is 0.368 e. The maximum Gasteiger partial charge on any atom is 0.246 e. The van der Waals surface area contributed by atoms with Crippen molar-refractivity contribution in [1.29, 1.82) is 0 Å². The van der Waals surface area contributed by atoms with Gasteiger partial charge >= 0.3 is 0 Å². The fraction of sp³-hybridized carbons (Fsp3) is 0.853. The number of rotatable bonds is 10. The maximum absolute atomic E-state index is 14.2. The van der Waals surface area contributed by atoms with Crippen LogP contribution in [0.2, 0.25) is 0 Å². The lowest BCUT2D eigenvalue weighted by atomic mass is 9.84. The predicted octanol–water partition coefficient (Wildman–Crippen LogP) is 1.42. The van der Waals surface area contributed by atoms with Crippen molar-refractivity contribution in [2.45, 2.75) is 129 Å². The van der Waals surface area contributed by atoms with Gasteiger partial charge in [-0.25, -0.2) is 0 Å². The topological polar surface area (TPSA) is 140 Å². The van der Waals surface area contributed by atoms with Gasteiger partial charge in [-0.3, -0.25) is 33.8 Å². The highest BCUT2D eigenvalue weighted by Gasteiger charge is 2.46. The monoisotopic (exact) mass is 645 g/mol. The molecule has 260 valence electrons. The molecule has 12 heteroatoms. The Hall–Kier alpha value is -2.73. The van der Waals surface area contributed by atoms with Gasteiger partial charge in [-0.15, -0.1) is 0 Å². The van der Waals surface area contributed by atoms with Crippen LogP contribution in [0.3, 0.4) is 0 Å². The second-order valence-corrected chi connectivity index (χ2v) is 15.5. The number of likely N-dealkylation sites (tertiary alicyclic amines) is 4. The number of primary amides is 1. The minimum Gasteiger partial charge on any atom is -0.368 e. The number of likely N-dealkylation sites (N-methyl/N-ethyl adjacent to an activating group) is 2. The Morgan fingerprint density at radius 2 is 1.33 bits per heavy atom. The van der Waals surface area contributed by atoms with Gasteiger partial charge in [-0.1, -0.05) is 41.0 Å². The highest BCUT2D eigenvalue weighted by Crippen LogP contribution is 2.30. The van der Waals surface area contributed by atoms with Crippen molar-refractivity contribution < 1.29 is 24.0 Å². The Kier molecular flexibility index (Phi) is 11.8. The Morgan fingerprint density at radius 1 is 0.783 bits per heavy atom. The van der Waals surface area contributed by atoms with E-state index in [1.807, 2.05) is 34.9 Å². The molecular weight excluding hydrogens is 586 g/mol. The molecule has 0 spiro atoms. The number of nitrogens with zero attached hydrogens (tertiary/aromatic N) is 5. The summed E-state index contributed by atoms with van der Waals surface area (Å²) < 4.78 is 0. The first-order chi connectivity index (χ1) is 21.6. The molecular formula is C34H59N7O5. The summed E-state index contributed by atoms with van der Waals surface area (Å²) in [4.78, 5) is 76.6. The van der Waals surface area contributed by atoms with Gasteiger partial charge < -0.3 is 25.8 Å². The third kappa shape index (κ3) is 7.86. The first-order valence-corrected chi connectivity index (χ1v) is 17.5. The Morgan fingerprint density at radius 3 is 1.91 bits per heavy atom. The van der Waals surface area contributed by atoms with E-state index in [1.54, 1.807) is 14.7 Å². The first kappa shape index (κ1) is 36.1. The standard InChI is InChI=1S/C34H59N7O5/c1-22(2)27(38(7)33(46)28(34(3,4)5)36-30(43)24-13-8-9-17-37(24)6)21-39-18-10-15-25(39)31(44)41-20-12-16-26(41)32(45)40-19-11-14-23(40)29(35)42/h22-28H,8-21H2,1-7H3,(H2,35,42)(H,36,43)/t23-,24+,25-,26-,27+,28+/m0/s1. The van der Waals surface area contributed by atoms with Crippen molar-refractivity contribution >= 4 is 29.5 Å². The Labute approximate surface area is 275 Å². The molecule has 0 radical (unpaired) electrons. The van der Waals surface area contributed by atoms with E-state index in [4.69, 9.17) is 5.73 Å². The highest BCUT2D eigenvalue weighted by atomic mass is 16.2. The van der Waals surface area contributed by atoms with Gasteiger partial charge in [0.25, 0.3) is 0 Å². The van der Waals surface area contributed by atoms with Crippen LogP contribution < -0.4 is 11.1 Å². The Balaban J connectivity index is 1.46. The van der Waals surface area contributed by atoms with Crippen molar-refractivity contribution in [3.8, 4) is 0 Å². The van der Waals surface area contributed by atoms with Crippen molar-refractivity contribution in [3.05, 3.63) is 0 Å². The van der Waals surface area contributed by atoms with Gasteiger partial charge in [0, 0.05) is 32.7 Å². The molecule has 0 unspecified atom stereocenters. The second-order valence-electron chi connectivity index (χ2n) is 15.5. The van der Waals surface area contributed by atoms with Crippen LogP contribution in [0.1, 0.15) is 92.4 Å². The van der Waals surface area contributed by atoms with Gasteiger partial charge in [-0.05, 0) is 82.8 Å². The maximum atomic E-state index is 14.2. The molecule has 46 heavy (non-hydrogen) atoms. The first-order valence-electron chi connectivity index (χ1n) is 17.5. The van der Waals surface area contributed by atoms with Gasteiger partial charge in [0.1, 0.15) is 18.1 Å². The van der Waals surface area contributed by atoms with Crippen LogP contribution in [-0.2, 0) is 24.0 Å². The van der Waals surface area contributed by atoms with Gasteiger partial charge in [-0.2, -0.15) is 0 Å². The molecule has 5 amide bonds.